The van der Waals surface area contributed by atoms with E-state index in [0.29, 0.717) is 33.6 Å². The van der Waals surface area contributed by atoms with Crippen molar-refractivity contribution in [1.29, 1.82) is 0 Å². The Hall–Kier alpha value is -1.78. The van der Waals surface area contributed by atoms with Crippen LogP contribution in [0.25, 0.3) is 11.1 Å². The average molecular weight is 309 g/mol. The third-order valence-corrected chi connectivity index (χ3v) is 3.75. The molecular weight excluding hydrogens is 299 g/mol. The third kappa shape index (κ3) is 2.11. The van der Waals surface area contributed by atoms with Crippen LogP contribution in [0.4, 0.5) is 5.69 Å². The number of anilines is 1. The summed E-state index contributed by atoms with van der Waals surface area (Å²) >= 11 is 12.4. The molecule has 20 heavy (non-hydrogen) atoms. The van der Waals surface area contributed by atoms with Gasteiger partial charge in [0.15, 0.2) is 0 Å². The topological polar surface area (TPSA) is 51.2 Å². The number of rotatable bonds is 2. The molecule has 2 aromatic rings. The predicted molar refractivity (Wildman–Crippen MR) is 78.6 cm³/mol. The summed E-state index contributed by atoms with van der Waals surface area (Å²) in [6.07, 6.45) is 1.88. The van der Waals surface area contributed by atoms with Crippen LogP contribution < -0.4 is 10.1 Å². The van der Waals surface area contributed by atoms with E-state index in [4.69, 9.17) is 27.9 Å². The minimum Gasteiger partial charge on any atom is -0.481 e. The first-order chi connectivity index (χ1) is 9.60. The summed E-state index contributed by atoms with van der Waals surface area (Å²) in [5, 5.41) is 3.73. The number of nitrogens with one attached hydrogen (secondary N) is 1. The highest BCUT2D eigenvalue weighted by molar-refractivity contribution is 6.36. The maximum atomic E-state index is 11.5. The second-order valence-corrected chi connectivity index (χ2v) is 5.21. The van der Waals surface area contributed by atoms with Gasteiger partial charge in [-0.3, -0.25) is 4.79 Å². The van der Waals surface area contributed by atoms with Gasteiger partial charge in [0.05, 0.1) is 34.8 Å². The van der Waals surface area contributed by atoms with Gasteiger partial charge in [-0.15, -0.1) is 0 Å². The molecule has 0 saturated heterocycles. The van der Waals surface area contributed by atoms with Crippen LogP contribution in [0.1, 0.15) is 5.56 Å². The van der Waals surface area contributed by atoms with Gasteiger partial charge >= 0.3 is 0 Å². The second-order valence-electron chi connectivity index (χ2n) is 4.39. The van der Waals surface area contributed by atoms with Crippen LogP contribution >= 0.6 is 23.2 Å². The minimum atomic E-state index is -0.0664. The zero-order valence-corrected chi connectivity index (χ0v) is 12.0. The Morgan fingerprint density at radius 3 is 2.85 bits per heavy atom. The van der Waals surface area contributed by atoms with Crippen LogP contribution in [-0.4, -0.2) is 18.0 Å². The zero-order valence-electron chi connectivity index (χ0n) is 10.5. The van der Waals surface area contributed by atoms with Crippen molar-refractivity contribution in [1.82, 2.24) is 4.98 Å². The number of amides is 1. The van der Waals surface area contributed by atoms with Gasteiger partial charge < -0.3 is 10.1 Å². The number of pyridine rings is 1. The van der Waals surface area contributed by atoms with Gasteiger partial charge in [0.25, 0.3) is 0 Å². The lowest BCUT2D eigenvalue weighted by atomic mass is 10.0. The second kappa shape index (κ2) is 4.96. The highest BCUT2D eigenvalue weighted by Crippen LogP contribution is 2.40. The van der Waals surface area contributed by atoms with E-state index in [0.717, 1.165) is 11.1 Å². The minimum absolute atomic E-state index is 0.0664. The monoisotopic (exact) mass is 308 g/mol. The van der Waals surface area contributed by atoms with Crippen LogP contribution in [0.3, 0.4) is 0 Å². The summed E-state index contributed by atoms with van der Waals surface area (Å²) in [4.78, 5) is 15.6. The van der Waals surface area contributed by atoms with E-state index in [1.165, 1.54) is 7.11 Å². The summed E-state index contributed by atoms with van der Waals surface area (Å²) < 4.78 is 5.24. The molecule has 3 rings (SSSR count). The first-order valence-corrected chi connectivity index (χ1v) is 6.67. The molecule has 1 aliphatic rings. The molecule has 1 N–H and O–H groups in total. The Morgan fingerprint density at radius 1 is 1.30 bits per heavy atom. The van der Waals surface area contributed by atoms with Gasteiger partial charge in [-0.1, -0.05) is 23.2 Å². The van der Waals surface area contributed by atoms with Gasteiger partial charge in [-0.25, -0.2) is 4.98 Å². The number of ether oxygens (including phenoxy) is 1. The zero-order chi connectivity index (χ0) is 14.3. The first-order valence-electron chi connectivity index (χ1n) is 5.91. The molecule has 0 unspecified atom stereocenters. The Bertz CT molecular complexity index is 717. The molecule has 0 radical (unpaired) electrons. The summed E-state index contributed by atoms with van der Waals surface area (Å²) in [5.74, 6) is 0.356. The molecular formula is C14H10Cl2N2O2. The number of halogens is 2. The molecule has 0 saturated carbocycles. The van der Waals surface area contributed by atoms with Crippen molar-refractivity contribution in [2.24, 2.45) is 0 Å². The van der Waals surface area contributed by atoms with E-state index in [2.05, 4.69) is 10.3 Å². The molecule has 1 aromatic carbocycles. The van der Waals surface area contributed by atoms with Crippen molar-refractivity contribution in [3.63, 3.8) is 0 Å². The lowest BCUT2D eigenvalue weighted by Gasteiger charge is -2.11. The highest BCUT2D eigenvalue weighted by atomic mass is 35.5. The van der Waals surface area contributed by atoms with E-state index in [1.807, 2.05) is 6.07 Å². The summed E-state index contributed by atoms with van der Waals surface area (Å²) in [6.45, 7) is 0. The number of aromatic nitrogens is 1. The number of nitrogens with zero attached hydrogens (tertiary/aromatic N) is 1. The van der Waals surface area contributed by atoms with Crippen molar-refractivity contribution >= 4 is 34.8 Å². The number of methoxy groups -OCH3 is 1. The van der Waals surface area contributed by atoms with Crippen molar-refractivity contribution in [2.45, 2.75) is 6.42 Å². The Labute approximate surface area is 125 Å². The molecule has 0 aliphatic carbocycles. The van der Waals surface area contributed by atoms with Crippen LogP contribution in [-0.2, 0) is 11.2 Å². The number of carbonyl (C=O) groups excluding carboxylic acids is 1. The fourth-order valence-electron chi connectivity index (χ4n) is 2.28. The molecule has 2 heterocycles. The lowest BCUT2D eigenvalue weighted by molar-refractivity contribution is -0.115. The maximum absolute atomic E-state index is 11.5. The van der Waals surface area contributed by atoms with Gasteiger partial charge in [0.2, 0.25) is 11.8 Å². The van der Waals surface area contributed by atoms with Gasteiger partial charge in [-0.2, -0.15) is 0 Å². The van der Waals surface area contributed by atoms with Crippen molar-refractivity contribution in [2.75, 3.05) is 12.4 Å². The summed E-state index contributed by atoms with van der Waals surface area (Å²) in [5.41, 5.74) is 2.96. The Balaban J connectivity index is 2.20. The van der Waals surface area contributed by atoms with E-state index < -0.39 is 0 Å². The van der Waals surface area contributed by atoms with Gasteiger partial charge in [0.1, 0.15) is 0 Å². The fourth-order valence-corrected chi connectivity index (χ4v) is 2.81. The van der Waals surface area contributed by atoms with Crippen molar-refractivity contribution in [3.05, 3.63) is 40.0 Å². The van der Waals surface area contributed by atoms with Crippen molar-refractivity contribution < 1.29 is 9.53 Å². The average Bonchev–Trinajstić information content (AvgIpc) is 2.79. The van der Waals surface area contributed by atoms with Crippen molar-refractivity contribution in [3.8, 4) is 17.0 Å². The molecule has 1 aliphatic heterocycles. The molecule has 4 nitrogen and oxygen atoms in total. The number of hydrogen-bond donors (Lipinski definition) is 1. The summed E-state index contributed by atoms with van der Waals surface area (Å²) in [7, 11) is 1.53. The van der Waals surface area contributed by atoms with E-state index in [1.54, 1.807) is 18.3 Å². The number of carbonyl (C=O) groups is 1. The quantitative estimate of drug-likeness (QED) is 0.923. The Morgan fingerprint density at radius 2 is 2.10 bits per heavy atom. The fraction of sp³-hybridized carbons (Fsp3) is 0.143. The molecule has 0 bridgehead atoms. The highest BCUT2D eigenvalue weighted by Gasteiger charge is 2.23. The molecule has 0 fully saturated rings. The number of hydrogen-bond acceptors (Lipinski definition) is 3. The largest absolute Gasteiger partial charge is 0.481 e. The molecule has 0 spiro atoms. The lowest BCUT2D eigenvalue weighted by Crippen LogP contribution is -2.03. The third-order valence-electron chi connectivity index (χ3n) is 3.13. The molecule has 1 amide bonds. The number of fused-ring (bicyclic) bond motifs is 1. The first kappa shape index (κ1) is 13.2. The smallest absolute Gasteiger partial charge is 0.228 e. The van der Waals surface area contributed by atoms with Crippen LogP contribution in [0.5, 0.6) is 5.88 Å². The van der Waals surface area contributed by atoms with Crippen LogP contribution in [0.15, 0.2) is 24.4 Å². The van der Waals surface area contributed by atoms with E-state index >= 15 is 0 Å². The molecule has 1 aromatic heterocycles. The van der Waals surface area contributed by atoms with Gasteiger partial charge in [0, 0.05) is 6.20 Å². The standard InChI is InChI=1S/C14H10Cl2N2O2/c1-20-14-12(9(15)2-3-17-14)7-4-8-6-11(19)18-13(8)10(16)5-7/h2-5H,6H2,1H3,(H,18,19). The number of benzene rings is 1. The van der Waals surface area contributed by atoms with Crippen LogP contribution in [0, 0.1) is 0 Å². The molecule has 6 heteroatoms. The van der Waals surface area contributed by atoms with E-state index in [-0.39, 0.29) is 5.91 Å². The van der Waals surface area contributed by atoms with E-state index in [9.17, 15) is 4.79 Å². The molecule has 102 valence electrons. The predicted octanol–water partition coefficient (Wildman–Crippen LogP) is 3.56. The normalized spacial score (nSPS) is 13.1. The SMILES string of the molecule is COc1nccc(Cl)c1-c1cc(Cl)c2c(c1)CC(=O)N2. The van der Waals surface area contributed by atoms with Crippen LogP contribution in [0.2, 0.25) is 10.0 Å². The Kier molecular flexibility index (Phi) is 3.28. The van der Waals surface area contributed by atoms with Gasteiger partial charge in [-0.05, 0) is 29.3 Å². The molecule has 0 atom stereocenters. The maximum Gasteiger partial charge on any atom is 0.228 e. The summed E-state index contributed by atoms with van der Waals surface area (Å²) in [6, 6.07) is 5.31.